The van der Waals surface area contributed by atoms with E-state index in [1.807, 2.05) is 37.3 Å². The molecule has 0 radical (unpaired) electrons. The number of aromatic nitrogens is 2. The highest BCUT2D eigenvalue weighted by molar-refractivity contribution is 5.95. The van der Waals surface area contributed by atoms with E-state index in [4.69, 9.17) is 6.42 Å². The number of nitrogens with one attached hydrogen (secondary N) is 1. The monoisotopic (exact) mass is 253 g/mol. The second kappa shape index (κ2) is 5.87. The van der Waals surface area contributed by atoms with Crippen LogP contribution >= 0.6 is 0 Å². The molecule has 0 saturated carbocycles. The third-order valence-corrected chi connectivity index (χ3v) is 2.80. The van der Waals surface area contributed by atoms with Crippen LogP contribution in [-0.2, 0) is 6.42 Å². The lowest BCUT2D eigenvalue weighted by molar-refractivity contribution is 0.0958. The smallest absolute Gasteiger partial charge is 0.255 e. The molecule has 0 aliphatic carbocycles. The summed E-state index contributed by atoms with van der Waals surface area (Å²) in [6.07, 6.45) is 7.43. The maximum atomic E-state index is 12.0. The topological polar surface area (TPSA) is 46.9 Å². The minimum Gasteiger partial charge on any atom is -0.341 e. The number of terminal acetylenes is 1. The van der Waals surface area contributed by atoms with Crippen LogP contribution in [0.15, 0.2) is 36.5 Å². The Kier molecular flexibility index (Phi) is 3.99. The van der Waals surface area contributed by atoms with Crippen molar-refractivity contribution in [2.24, 2.45) is 0 Å². The summed E-state index contributed by atoms with van der Waals surface area (Å²) in [5, 5.41) is 6.95. The first kappa shape index (κ1) is 12.9. The van der Waals surface area contributed by atoms with Gasteiger partial charge >= 0.3 is 0 Å². The summed E-state index contributed by atoms with van der Waals surface area (Å²) < 4.78 is 1.78. The van der Waals surface area contributed by atoms with Gasteiger partial charge in [-0.3, -0.25) is 4.79 Å². The molecule has 1 heterocycles. The lowest BCUT2D eigenvalue weighted by atomic mass is 10.2. The normalized spacial score (nSPS) is 9.89. The van der Waals surface area contributed by atoms with Gasteiger partial charge in [0.05, 0.1) is 29.7 Å². The first-order valence-corrected chi connectivity index (χ1v) is 6.12. The molecule has 96 valence electrons. The van der Waals surface area contributed by atoms with Crippen molar-refractivity contribution in [1.82, 2.24) is 15.1 Å². The molecule has 19 heavy (non-hydrogen) atoms. The van der Waals surface area contributed by atoms with Gasteiger partial charge in [0, 0.05) is 0 Å². The van der Waals surface area contributed by atoms with Crippen LogP contribution in [0.5, 0.6) is 0 Å². The Labute approximate surface area is 112 Å². The van der Waals surface area contributed by atoms with Crippen LogP contribution in [0.1, 0.15) is 23.0 Å². The number of rotatable bonds is 4. The van der Waals surface area contributed by atoms with Crippen molar-refractivity contribution in [3.8, 4) is 18.0 Å². The van der Waals surface area contributed by atoms with Crippen LogP contribution in [0, 0.1) is 12.3 Å². The molecule has 0 bridgehead atoms. The zero-order valence-corrected chi connectivity index (χ0v) is 10.8. The van der Waals surface area contributed by atoms with Crippen LogP contribution in [0.25, 0.3) is 5.69 Å². The Morgan fingerprint density at radius 2 is 2.16 bits per heavy atom. The maximum absolute atomic E-state index is 12.0. The van der Waals surface area contributed by atoms with Crippen LogP contribution in [0.2, 0.25) is 0 Å². The molecule has 1 amide bonds. The number of carbonyl (C=O) groups is 1. The van der Waals surface area contributed by atoms with E-state index in [1.54, 1.807) is 10.9 Å². The van der Waals surface area contributed by atoms with E-state index in [9.17, 15) is 4.79 Å². The Morgan fingerprint density at radius 3 is 2.79 bits per heavy atom. The summed E-state index contributed by atoms with van der Waals surface area (Å²) in [5.41, 5.74) is 2.39. The zero-order valence-electron chi connectivity index (χ0n) is 10.8. The summed E-state index contributed by atoms with van der Waals surface area (Å²) in [5.74, 6) is 2.20. The van der Waals surface area contributed by atoms with Crippen LogP contribution in [0.4, 0.5) is 0 Å². The fraction of sp³-hybridized carbons (Fsp3) is 0.200. The summed E-state index contributed by atoms with van der Waals surface area (Å²) >= 11 is 0. The maximum Gasteiger partial charge on any atom is 0.255 e. The molecule has 1 aromatic carbocycles. The number of nitrogens with zero attached hydrogens (tertiary/aromatic N) is 2. The van der Waals surface area contributed by atoms with Crippen molar-refractivity contribution >= 4 is 5.91 Å². The lowest BCUT2D eigenvalue weighted by Gasteiger charge is -2.07. The average molecular weight is 253 g/mol. The Hall–Kier alpha value is -2.54. The van der Waals surface area contributed by atoms with Gasteiger partial charge in [-0.1, -0.05) is 31.0 Å². The fourth-order valence-electron chi connectivity index (χ4n) is 1.92. The van der Waals surface area contributed by atoms with Gasteiger partial charge in [0.15, 0.2) is 0 Å². The average Bonchev–Trinajstić information content (AvgIpc) is 2.89. The molecule has 1 N–H and O–H groups in total. The Balaban J connectivity index is 2.36. The summed E-state index contributed by atoms with van der Waals surface area (Å²) in [4.78, 5) is 12.0. The SMILES string of the molecule is C#CCNC(=O)c1cnn(-c2ccccc2)c1CC. The summed E-state index contributed by atoms with van der Waals surface area (Å²) in [6, 6.07) is 9.73. The third kappa shape index (κ3) is 2.66. The summed E-state index contributed by atoms with van der Waals surface area (Å²) in [7, 11) is 0. The molecule has 4 nitrogen and oxygen atoms in total. The van der Waals surface area contributed by atoms with Crippen molar-refractivity contribution in [3.63, 3.8) is 0 Å². The summed E-state index contributed by atoms with van der Waals surface area (Å²) in [6.45, 7) is 2.22. The molecule has 2 aromatic rings. The predicted octanol–water partition coefficient (Wildman–Crippen LogP) is 1.80. The highest BCUT2D eigenvalue weighted by Gasteiger charge is 2.16. The van der Waals surface area contributed by atoms with Gasteiger partial charge in [-0.15, -0.1) is 6.42 Å². The molecule has 1 aromatic heterocycles. The highest BCUT2D eigenvalue weighted by atomic mass is 16.1. The van der Waals surface area contributed by atoms with Crippen LogP contribution in [0.3, 0.4) is 0 Å². The van der Waals surface area contributed by atoms with E-state index in [0.717, 1.165) is 11.4 Å². The minimum atomic E-state index is -0.183. The van der Waals surface area contributed by atoms with Gasteiger partial charge in [-0.2, -0.15) is 5.10 Å². The quantitative estimate of drug-likeness (QED) is 0.845. The van der Waals surface area contributed by atoms with Crippen LogP contribution < -0.4 is 5.32 Å². The van der Waals surface area contributed by atoms with Gasteiger partial charge in [0.25, 0.3) is 5.91 Å². The zero-order chi connectivity index (χ0) is 13.7. The minimum absolute atomic E-state index is 0.183. The van der Waals surface area contributed by atoms with Gasteiger partial charge in [-0.25, -0.2) is 4.68 Å². The molecule has 4 heteroatoms. The van der Waals surface area contributed by atoms with Crippen molar-refractivity contribution in [2.45, 2.75) is 13.3 Å². The number of hydrogen-bond donors (Lipinski definition) is 1. The number of carbonyl (C=O) groups excluding carboxylic acids is 1. The van der Waals surface area contributed by atoms with E-state index >= 15 is 0 Å². The van der Waals surface area contributed by atoms with Gasteiger partial charge < -0.3 is 5.32 Å². The standard InChI is InChI=1S/C15H15N3O/c1-3-10-16-15(19)13-11-17-18(14(13)4-2)12-8-6-5-7-9-12/h1,5-9,11H,4,10H2,2H3,(H,16,19). The largest absolute Gasteiger partial charge is 0.341 e. The number of hydrogen-bond acceptors (Lipinski definition) is 2. The fourth-order valence-corrected chi connectivity index (χ4v) is 1.92. The lowest BCUT2D eigenvalue weighted by Crippen LogP contribution is -2.24. The van der Waals surface area contributed by atoms with Gasteiger partial charge in [-0.05, 0) is 18.6 Å². The number of amides is 1. The molecular formula is C15H15N3O. The van der Waals surface area contributed by atoms with Crippen molar-refractivity contribution in [1.29, 1.82) is 0 Å². The third-order valence-electron chi connectivity index (χ3n) is 2.80. The molecule has 0 aliphatic heterocycles. The molecule has 0 aliphatic rings. The van der Waals surface area contributed by atoms with Crippen LogP contribution in [-0.4, -0.2) is 22.2 Å². The van der Waals surface area contributed by atoms with E-state index in [1.165, 1.54) is 0 Å². The molecule has 0 unspecified atom stereocenters. The molecule has 0 spiro atoms. The Bertz CT molecular complexity index is 608. The van der Waals surface area contributed by atoms with E-state index in [0.29, 0.717) is 12.0 Å². The van der Waals surface area contributed by atoms with Gasteiger partial charge in [0.1, 0.15) is 0 Å². The van der Waals surface area contributed by atoms with Crippen molar-refractivity contribution in [3.05, 3.63) is 47.8 Å². The Morgan fingerprint density at radius 1 is 1.42 bits per heavy atom. The molecule has 0 atom stereocenters. The molecule has 0 saturated heterocycles. The molecular weight excluding hydrogens is 238 g/mol. The number of para-hydroxylation sites is 1. The molecule has 0 fully saturated rings. The predicted molar refractivity (Wildman–Crippen MR) is 74.1 cm³/mol. The van der Waals surface area contributed by atoms with E-state index in [-0.39, 0.29) is 12.5 Å². The first-order chi connectivity index (χ1) is 9.27. The first-order valence-electron chi connectivity index (χ1n) is 6.12. The molecule has 2 rings (SSSR count). The van der Waals surface area contributed by atoms with E-state index in [2.05, 4.69) is 16.3 Å². The second-order valence-electron chi connectivity index (χ2n) is 3.99. The van der Waals surface area contributed by atoms with Crippen molar-refractivity contribution < 1.29 is 4.79 Å². The van der Waals surface area contributed by atoms with Gasteiger partial charge in [0.2, 0.25) is 0 Å². The second-order valence-corrected chi connectivity index (χ2v) is 3.99. The van der Waals surface area contributed by atoms with Crippen molar-refractivity contribution in [2.75, 3.05) is 6.54 Å². The van der Waals surface area contributed by atoms with E-state index < -0.39 is 0 Å². The highest BCUT2D eigenvalue weighted by Crippen LogP contribution is 2.15. The number of benzene rings is 1.